The van der Waals surface area contributed by atoms with Gasteiger partial charge in [0.1, 0.15) is 5.75 Å². The molecule has 0 aromatic heterocycles. The van der Waals surface area contributed by atoms with Crippen LogP contribution in [0.3, 0.4) is 0 Å². The Kier molecular flexibility index (Phi) is 2.54. The van der Waals surface area contributed by atoms with E-state index < -0.39 is 0 Å². The molecular weight excluding hydrogens is 232 g/mol. The molecule has 2 unspecified atom stereocenters. The van der Waals surface area contributed by atoms with Crippen molar-refractivity contribution in [3.8, 4) is 5.75 Å². The third kappa shape index (κ3) is 1.68. The van der Waals surface area contributed by atoms with Crippen molar-refractivity contribution < 1.29 is 4.74 Å². The quantitative estimate of drug-likeness (QED) is 0.716. The zero-order valence-electron chi connectivity index (χ0n) is 11.5. The van der Waals surface area contributed by atoms with Crippen LogP contribution in [-0.2, 0) is 6.42 Å². The van der Waals surface area contributed by atoms with E-state index in [4.69, 9.17) is 4.74 Å². The van der Waals surface area contributed by atoms with Crippen molar-refractivity contribution in [3.05, 3.63) is 41.5 Å². The molecule has 98 valence electrons. The van der Waals surface area contributed by atoms with E-state index in [0.29, 0.717) is 0 Å². The molecule has 1 fully saturated rings. The monoisotopic (exact) mass is 252 g/mol. The molecule has 0 aliphatic heterocycles. The lowest BCUT2D eigenvalue weighted by Gasteiger charge is -2.26. The van der Waals surface area contributed by atoms with Crippen molar-refractivity contribution in [2.45, 2.75) is 38.0 Å². The van der Waals surface area contributed by atoms with Gasteiger partial charge in [-0.15, -0.1) is 0 Å². The Labute approximate surface area is 114 Å². The van der Waals surface area contributed by atoms with Crippen molar-refractivity contribution in [1.29, 1.82) is 0 Å². The summed E-state index contributed by atoms with van der Waals surface area (Å²) in [5.74, 6) is 2.70. The summed E-state index contributed by atoms with van der Waals surface area (Å²) in [6.07, 6.45) is 6.97. The van der Waals surface area contributed by atoms with Gasteiger partial charge in [-0.2, -0.15) is 0 Å². The summed E-state index contributed by atoms with van der Waals surface area (Å²) in [7, 11) is 1.74. The highest BCUT2D eigenvalue weighted by Gasteiger charge is 2.35. The zero-order chi connectivity index (χ0) is 12.8. The van der Waals surface area contributed by atoms with Crippen LogP contribution in [0.4, 0.5) is 0 Å². The van der Waals surface area contributed by atoms with Gasteiger partial charge in [0.05, 0.1) is 7.11 Å². The van der Waals surface area contributed by atoms with Crippen molar-refractivity contribution in [1.82, 2.24) is 0 Å². The van der Waals surface area contributed by atoms with Gasteiger partial charge in [-0.1, -0.05) is 31.0 Å². The van der Waals surface area contributed by atoms with E-state index in [2.05, 4.69) is 30.3 Å². The van der Waals surface area contributed by atoms with Crippen molar-refractivity contribution >= 4 is 10.8 Å². The van der Waals surface area contributed by atoms with Gasteiger partial charge in [0.15, 0.2) is 0 Å². The Hall–Kier alpha value is -1.50. The van der Waals surface area contributed by atoms with Crippen LogP contribution in [0.25, 0.3) is 10.8 Å². The lowest BCUT2D eigenvalue weighted by atomic mass is 9.79. The molecule has 1 heteroatoms. The first-order valence-corrected chi connectivity index (χ1v) is 7.46. The van der Waals surface area contributed by atoms with Crippen LogP contribution in [0.15, 0.2) is 30.3 Å². The molecular formula is C18H20O. The number of benzene rings is 2. The highest BCUT2D eigenvalue weighted by atomic mass is 16.5. The van der Waals surface area contributed by atoms with Crippen LogP contribution >= 0.6 is 0 Å². The minimum Gasteiger partial charge on any atom is -0.497 e. The number of ether oxygens (including phenoxy) is 1. The molecule has 2 atom stereocenters. The fourth-order valence-electron chi connectivity index (χ4n) is 4.23. The summed E-state index contributed by atoms with van der Waals surface area (Å²) in [6.45, 7) is 0. The van der Waals surface area contributed by atoms with Crippen molar-refractivity contribution in [2.24, 2.45) is 5.92 Å². The number of methoxy groups -OCH3 is 1. The van der Waals surface area contributed by atoms with Crippen LogP contribution in [0, 0.1) is 5.92 Å². The van der Waals surface area contributed by atoms with Gasteiger partial charge in [-0.3, -0.25) is 0 Å². The Morgan fingerprint density at radius 3 is 2.84 bits per heavy atom. The lowest BCUT2D eigenvalue weighted by Crippen LogP contribution is -2.12. The van der Waals surface area contributed by atoms with Crippen LogP contribution in [-0.4, -0.2) is 7.11 Å². The zero-order valence-corrected chi connectivity index (χ0v) is 11.5. The van der Waals surface area contributed by atoms with Gasteiger partial charge in [0.2, 0.25) is 0 Å². The Bertz CT molecular complexity index is 629. The molecule has 1 saturated carbocycles. The van der Waals surface area contributed by atoms with Crippen LogP contribution < -0.4 is 4.74 Å². The van der Waals surface area contributed by atoms with Crippen molar-refractivity contribution in [3.63, 3.8) is 0 Å². The normalized spacial score (nSPS) is 25.1. The summed E-state index contributed by atoms with van der Waals surface area (Å²) in [5, 5.41) is 2.80. The first kappa shape index (κ1) is 11.3. The molecule has 0 bridgehead atoms. The molecule has 2 aliphatic carbocycles. The van der Waals surface area contributed by atoms with Gasteiger partial charge in [-0.25, -0.2) is 0 Å². The molecule has 1 nitrogen and oxygen atoms in total. The molecule has 4 rings (SSSR count). The first-order chi connectivity index (χ1) is 9.36. The molecule has 0 N–H and O–H groups in total. The molecule has 2 aliphatic rings. The maximum absolute atomic E-state index is 5.35. The fraction of sp³-hybridized carbons (Fsp3) is 0.444. The molecule has 0 heterocycles. The van der Waals surface area contributed by atoms with Gasteiger partial charge in [0, 0.05) is 0 Å². The minimum absolute atomic E-state index is 0.820. The molecule has 0 saturated heterocycles. The predicted molar refractivity (Wildman–Crippen MR) is 78.9 cm³/mol. The minimum atomic E-state index is 0.820. The first-order valence-electron chi connectivity index (χ1n) is 7.46. The van der Waals surface area contributed by atoms with E-state index in [1.807, 2.05) is 0 Å². The second kappa shape index (κ2) is 4.26. The molecule has 2 aromatic rings. The smallest absolute Gasteiger partial charge is 0.119 e. The topological polar surface area (TPSA) is 9.23 Å². The van der Waals surface area contributed by atoms with E-state index in [-0.39, 0.29) is 0 Å². The molecule has 0 spiro atoms. The van der Waals surface area contributed by atoms with E-state index in [1.54, 1.807) is 18.2 Å². The fourth-order valence-corrected chi connectivity index (χ4v) is 4.23. The highest BCUT2D eigenvalue weighted by Crippen LogP contribution is 2.49. The SMILES string of the molecule is COc1ccc2c3c(ccc2c1)CC1CCCCC31. The molecule has 19 heavy (non-hydrogen) atoms. The predicted octanol–water partition coefficient (Wildman–Crippen LogP) is 4.68. The number of hydrogen-bond acceptors (Lipinski definition) is 1. The maximum Gasteiger partial charge on any atom is 0.119 e. The second-order valence-corrected chi connectivity index (χ2v) is 6.08. The second-order valence-electron chi connectivity index (χ2n) is 6.08. The average molecular weight is 252 g/mol. The summed E-state index contributed by atoms with van der Waals surface area (Å²) >= 11 is 0. The van der Waals surface area contributed by atoms with E-state index >= 15 is 0 Å². The van der Waals surface area contributed by atoms with E-state index in [1.165, 1.54) is 42.9 Å². The summed E-state index contributed by atoms with van der Waals surface area (Å²) in [4.78, 5) is 0. The van der Waals surface area contributed by atoms with Crippen LogP contribution in [0.2, 0.25) is 0 Å². The summed E-state index contributed by atoms with van der Waals surface area (Å²) in [5.41, 5.74) is 3.26. The molecule has 0 amide bonds. The van der Waals surface area contributed by atoms with Gasteiger partial charge in [-0.05, 0) is 65.1 Å². The van der Waals surface area contributed by atoms with Crippen molar-refractivity contribution in [2.75, 3.05) is 7.11 Å². The number of fused-ring (bicyclic) bond motifs is 5. The number of rotatable bonds is 1. The largest absolute Gasteiger partial charge is 0.497 e. The Morgan fingerprint density at radius 2 is 1.95 bits per heavy atom. The molecule has 0 radical (unpaired) electrons. The summed E-state index contributed by atoms with van der Waals surface area (Å²) < 4.78 is 5.35. The third-order valence-electron chi connectivity index (χ3n) is 5.12. The molecule has 2 aromatic carbocycles. The number of hydrogen-bond donors (Lipinski definition) is 0. The van der Waals surface area contributed by atoms with Crippen LogP contribution in [0.1, 0.15) is 42.7 Å². The van der Waals surface area contributed by atoms with Gasteiger partial charge in [0.25, 0.3) is 0 Å². The maximum atomic E-state index is 5.35. The average Bonchev–Trinajstić information content (AvgIpc) is 2.85. The Balaban J connectivity index is 1.90. The van der Waals surface area contributed by atoms with Gasteiger partial charge >= 0.3 is 0 Å². The summed E-state index contributed by atoms with van der Waals surface area (Å²) in [6, 6.07) is 11.2. The Morgan fingerprint density at radius 1 is 1.05 bits per heavy atom. The van der Waals surface area contributed by atoms with Crippen LogP contribution in [0.5, 0.6) is 5.75 Å². The standard InChI is InChI=1S/C18H20O/c1-19-15-8-9-17-13(11-15)6-7-14-10-12-4-2-3-5-16(12)18(14)17/h6-9,11-12,16H,2-5,10H2,1H3. The highest BCUT2D eigenvalue weighted by molar-refractivity contribution is 5.89. The van der Waals surface area contributed by atoms with Gasteiger partial charge < -0.3 is 4.74 Å². The van der Waals surface area contributed by atoms with E-state index in [9.17, 15) is 0 Å². The third-order valence-corrected chi connectivity index (χ3v) is 5.12. The van der Waals surface area contributed by atoms with E-state index in [0.717, 1.165) is 17.6 Å². The lowest BCUT2D eigenvalue weighted by molar-refractivity contribution is 0.331.